The zero-order valence-corrected chi connectivity index (χ0v) is 37.7. The van der Waals surface area contributed by atoms with E-state index in [2.05, 4.69) is 13.8 Å². The molecule has 0 saturated heterocycles. The van der Waals surface area contributed by atoms with E-state index in [0.717, 1.165) is 25.7 Å². The average Bonchev–Trinajstić information content (AvgIpc) is 3.11. The van der Waals surface area contributed by atoms with E-state index in [1.165, 1.54) is 244 Å². The summed E-state index contributed by atoms with van der Waals surface area (Å²) in [6.07, 6.45) is 56.4. The summed E-state index contributed by atoms with van der Waals surface area (Å²) in [5.74, 6) is 0.162. The number of quaternary nitrogens is 1. The van der Waals surface area contributed by atoms with Crippen molar-refractivity contribution >= 4 is 10.4 Å². The summed E-state index contributed by atoms with van der Waals surface area (Å²) in [5.41, 5.74) is 0. The normalized spacial score (nSPS) is 12.5. The summed E-state index contributed by atoms with van der Waals surface area (Å²) in [6.45, 7) is 6.37. The Bertz CT molecular complexity index is 733. The van der Waals surface area contributed by atoms with E-state index < -0.39 is 16.5 Å². The summed E-state index contributed by atoms with van der Waals surface area (Å²) in [6, 6.07) is 0. The molecule has 0 aromatic rings. The van der Waals surface area contributed by atoms with E-state index in [-0.39, 0.29) is 12.1 Å². The van der Waals surface area contributed by atoms with Crippen molar-refractivity contribution in [2.24, 2.45) is 5.92 Å². The molecule has 1 atom stereocenters. The molecule has 0 aromatic carbocycles. The van der Waals surface area contributed by atoms with Crippen LogP contribution in [0.4, 0.5) is 0 Å². The highest BCUT2D eigenvalue weighted by atomic mass is 32.3. The predicted molar refractivity (Wildman–Crippen MR) is 235 cm³/mol. The molecule has 0 aliphatic heterocycles. The fourth-order valence-electron chi connectivity index (χ4n) is 8.20. The Hall–Kier alpha value is -0.170. The third kappa shape index (κ3) is 46.1. The summed E-state index contributed by atoms with van der Waals surface area (Å²) in [7, 11) is -4.65. The SMILES string of the molecule is CCCCCCCCCCCCCCCCCCCCCCC(CCCCCCCCCCCCCCCCCCCCCC)C(C)OS(=O)(=O)[O-].[NH4+]. The minimum Gasteiger partial charge on any atom is -0.726 e. The molecule has 4 N–H and O–H groups in total. The molecule has 0 spiro atoms. The molecule has 0 aromatic heterocycles. The van der Waals surface area contributed by atoms with Crippen LogP contribution in [0.3, 0.4) is 0 Å². The first-order chi connectivity index (χ1) is 25.4. The number of hydrogen-bond acceptors (Lipinski definition) is 4. The molecule has 0 radical (unpaired) electrons. The van der Waals surface area contributed by atoms with E-state index in [9.17, 15) is 13.0 Å². The summed E-state index contributed by atoms with van der Waals surface area (Å²) in [4.78, 5) is 0. The lowest BCUT2D eigenvalue weighted by Crippen LogP contribution is -2.24. The van der Waals surface area contributed by atoms with Gasteiger partial charge < -0.3 is 10.7 Å². The van der Waals surface area contributed by atoms with Crippen LogP contribution in [0.5, 0.6) is 0 Å². The molecule has 0 heterocycles. The average molecular weight is 774 g/mol. The van der Waals surface area contributed by atoms with Crippen molar-refractivity contribution in [3.63, 3.8) is 0 Å². The van der Waals surface area contributed by atoms with Crippen LogP contribution in [-0.4, -0.2) is 19.1 Å². The smallest absolute Gasteiger partial charge is 0.217 e. The Kier molecular flexibility index (Phi) is 46.2. The molecule has 5 nitrogen and oxygen atoms in total. The van der Waals surface area contributed by atoms with E-state index in [4.69, 9.17) is 4.18 Å². The van der Waals surface area contributed by atoms with Crippen LogP contribution in [0.15, 0.2) is 0 Å². The maximum atomic E-state index is 11.3. The maximum Gasteiger partial charge on any atom is 0.217 e. The molecule has 6 heteroatoms. The van der Waals surface area contributed by atoms with Gasteiger partial charge in [-0.3, -0.25) is 4.18 Å². The molecule has 0 bridgehead atoms. The number of unbranched alkanes of at least 4 members (excludes halogenated alkanes) is 38. The van der Waals surface area contributed by atoms with Gasteiger partial charge in [0.1, 0.15) is 0 Å². The Morgan fingerprint density at radius 3 is 0.698 bits per heavy atom. The number of hydrogen-bond donors (Lipinski definition) is 1. The fraction of sp³-hybridized carbons (Fsp3) is 1.00. The first kappa shape index (κ1) is 54.9. The van der Waals surface area contributed by atoms with Gasteiger partial charge in [-0.15, -0.1) is 0 Å². The molecule has 0 rings (SSSR count). The van der Waals surface area contributed by atoms with Crippen molar-refractivity contribution in [3.05, 3.63) is 0 Å². The third-order valence-electron chi connectivity index (χ3n) is 11.8. The minimum absolute atomic E-state index is 0. The van der Waals surface area contributed by atoms with Crippen molar-refractivity contribution in [1.82, 2.24) is 6.15 Å². The van der Waals surface area contributed by atoms with Gasteiger partial charge in [0.2, 0.25) is 10.4 Å². The largest absolute Gasteiger partial charge is 0.726 e. The second-order valence-electron chi connectivity index (χ2n) is 17.0. The molecule has 53 heavy (non-hydrogen) atoms. The van der Waals surface area contributed by atoms with Crippen LogP contribution in [0.2, 0.25) is 0 Å². The third-order valence-corrected chi connectivity index (χ3v) is 12.3. The zero-order valence-electron chi connectivity index (χ0n) is 36.9. The van der Waals surface area contributed by atoms with Crippen molar-refractivity contribution in [2.45, 2.75) is 297 Å². The molecule has 322 valence electrons. The van der Waals surface area contributed by atoms with Crippen LogP contribution >= 0.6 is 0 Å². The van der Waals surface area contributed by atoms with Crippen molar-refractivity contribution in [3.8, 4) is 0 Å². The van der Waals surface area contributed by atoms with Crippen LogP contribution < -0.4 is 6.15 Å². The Balaban J connectivity index is 0. The van der Waals surface area contributed by atoms with E-state index >= 15 is 0 Å². The summed E-state index contributed by atoms with van der Waals surface area (Å²) in [5, 5.41) is 0. The van der Waals surface area contributed by atoms with Crippen LogP contribution in [0, 0.1) is 5.92 Å². The van der Waals surface area contributed by atoms with Gasteiger partial charge in [-0.2, -0.15) is 0 Å². The Labute approximate surface area is 335 Å². The van der Waals surface area contributed by atoms with Crippen LogP contribution in [0.1, 0.15) is 290 Å². The Morgan fingerprint density at radius 1 is 0.358 bits per heavy atom. The summed E-state index contributed by atoms with van der Waals surface area (Å²) < 4.78 is 38.8. The lowest BCUT2D eigenvalue weighted by molar-refractivity contribution is 0.122. The second-order valence-corrected chi connectivity index (χ2v) is 18.0. The van der Waals surface area contributed by atoms with Gasteiger partial charge in [-0.05, 0) is 25.7 Å². The zero-order chi connectivity index (χ0) is 38.1. The van der Waals surface area contributed by atoms with Gasteiger partial charge in [0, 0.05) is 0 Å². The molecule has 0 aliphatic carbocycles. The molecule has 0 fully saturated rings. The highest BCUT2D eigenvalue weighted by Gasteiger charge is 2.20. The fourth-order valence-corrected chi connectivity index (χ4v) is 8.73. The van der Waals surface area contributed by atoms with Gasteiger partial charge in [0.15, 0.2) is 0 Å². The van der Waals surface area contributed by atoms with Crippen molar-refractivity contribution in [2.75, 3.05) is 0 Å². The quantitative estimate of drug-likeness (QED) is 0.0378. The predicted octanol–water partition coefficient (Wildman–Crippen LogP) is 17.3. The van der Waals surface area contributed by atoms with Gasteiger partial charge in [0.25, 0.3) is 0 Å². The molecular weight excluding hydrogens is 675 g/mol. The first-order valence-corrected chi connectivity index (χ1v) is 25.4. The van der Waals surface area contributed by atoms with E-state index in [0.29, 0.717) is 0 Å². The lowest BCUT2D eigenvalue weighted by Gasteiger charge is -2.25. The first-order valence-electron chi connectivity index (χ1n) is 24.0. The van der Waals surface area contributed by atoms with Gasteiger partial charge in [-0.25, -0.2) is 8.42 Å². The topological polar surface area (TPSA) is 103 Å². The van der Waals surface area contributed by atoms with Crippen LogP contribution in [-0.2, 0) is 14.6 Å². The maximum absolute atomic E-state index is 11.3. The lowest BCUT2D eigenvalue weighted by atomic mass is 9.90. The van der Waals surface area contributed by atoms with Crippen molar-refractivity contribution < 1.29 is 17.2 Å². The molecule has 0 aliphatic rings. The van der Waals surface area contributed by atoms with Crippen molar-refractivity contribution in [1.29, 1.82) is 0 Å². The van der Waals surface area contributed by atoms with Gasteiger partial charge in [-0.1, -0.05) is 271 Å². The molecule has 1 unspecified atom stereocenters. The highest BCUT2D eigenvalue weighted by Crippen LogP contribution is 2.25. The standard InChI is InChI=1S/C47H96O4S.H3N/c1-4-6-8-10-12-14-16-18-20-22-24-26-28-30-32-34-36-38-40-42-44-47(46(3)51-52(48,49)50)45-43-41-39-37-35-33-31-29-27-25-23-21-19-17-15-13-11-9-7-5-2;/h46-47H,4-45H2,1-3H3,(H,48,49,50);1H3. The van der Waals surface area contributed by atoms with E-state index in [1.807, 2.05) is 0 Å². The Morgan fingerprint density at radius 2 is 0.528 bits per heavy atom. The molecule has 0 amide bonds. The van der Waals surface area contributed by atoms with E-state index in [1.54, 1.807) is 6.92 Å². The monoisotopic (exact) mass is 774 g/mol. The summed E-state index contributed by atoms with van der Waals surface area (Å²) >= 11 is 0. The second kappa shape index (κ2) is 44.5. The van der Waals surface area contributed by atoms with Gasteiger partial charge >= 0.3 is 0 Å². The van der Waals surface area contributed by atoms with Crippen LogP contribution in [0.25, 0.3) is 0 Å². The number of rotatable bonds is 45. The molecular formula is C47H99NO4S. The highest BCUT2D eigenvalue weighted by molar-refractivity contribution is 7.80. The molecule has 0 saturated carbocycles. The minimum atomic E-state index is -4.65. The van der Waals surface area contributed by atoms with Gasteiger partial charge in [0.05, 0.1) is 6.10 Å².